The highest BCUT2D eigenvalue weighted by Crippen LogP contribution is 2.31. The average molecular weight is 531 g/mol. The first-order valence-corrected chi connectivity index (χ1v) is 13.1. The summed E-state index contributed by atoms with van der Waals surface area (Å²) in [6.07, 6.45) is 1.64. The maximum Gasteiger partial charge on any atom is 0.295 e. The quantitative estimate of drug-likeness (QED) is 0.246. The molecule has 0 aliphatic heterocycles. The van der Waals surface area contributed by atoms with Crippen LogP contribution in [0.2, 0.25) is 0 Å². The van der Waals surface area contributed by atoms with Gasteiger partial charge < -0.3 is 10.0 Å². The lowest BCUT2D eigenvalue weighted by Gasteiger charge is -2.12. The van der Waals surface area contributed by atoms with Crippen molar-refractivity contribution in [2.45, 2.75) is 9.79 Å². The summed E-state index contributed by atoms with van der Waals surface area (Å²) in [6, 6.07) is 18.1. The maximum atomic E-state index is 11.2. The van der Waals surface area contributed by atoms with Crippen molar-refractivity contribution in [3.63, 3.8) is 0 Å². The van der Waals surface area contributed by atoms with Crippen molar-refractivity contribution in [1.82, 2.24) is 4.98 Å². The Bertz CT molecular complexity index is 1550. The summed E-state index contributed by atoms with van der Waals surface area (Å²) >= 11 is 0. The zero-order chi connectivity index (χ0) is 26.5. The van der Waals surface area contributed by atoms with Crippen molar-refractivity contribution in [2.75, 3.05) is 19.0 Å². The number of azo groups is 1. The van der Waals surface area contributed by atoms with Crippen LogP contribution in [0.3, 0.4) is 0 Å². The summed E-state index contributed by atoms with van der Waals surface area (Å²) in [6.45, 7) is 0. The minimum atomic E-state index is -4.47. The molecular weight excluding hydrogens is 508 g/mol. The molecule has 0 radical (unpaired) electrons. The molecule has 0 saturated carbocycles. The van der Waals surface area contributed by atoms with Gasteiger partial charge in [0.05, 0.1) is 0 Å². The first-order valence-electron chi connectivity index (χ1n) is 10.2. The summed E-state index contributed by atoms with van der Waals surface area (Å²) in [4.78, 5) is 5.10. The van der Waals surface area contributed by atoms with Crippen LogP contribution >= 0.6 is 0 Å². The topological polar surface area (TPSA) is 170 Å². The number of anilines is 1. The monoisotopic (exact) mass is 530 g/mol. The SMILES string of the molecule is CN(C)c1ccc(N=Nc2ccccn2)c(O)c1.O=S(=O)(O)c1cccc2c(S(=O)(=O)O)cccc12. The first kappa shape index (κ1) is 26.7. The molecule has 36 heavy (non-hydrogen) atoms. The second-order valence-corrected chi connectivity index (χ2v) is 10.3. The van der Waals surface area contributed by atoms with Gasteiger partial charge in [0.15, 0.2) is 5.82 Å². The Kier molecular flexibility index (Phi) is 8.00. The van der Waals surface area contributed by atoms with Gasteiger partial charge in [0.25, 0.3) is 20.2 Å². The molecular formula is C23H22N4O7S2. The second kappa shape index (κ2) is 10.8. The van der Waals surface area contributed by atoms with Crippen molar-refractivity contribution in [3.8, 4) is 5.75 Å². The van der Waals surface area contributed by atoms with E-state index in [0.29, 0.717) is 11.5 Å². The smallest absolute Gasteiger partial charge is 0.295 e. The molecule has 0 spiro atoms. The van der Waals surface area contributed by atoms with Crippen LogP contribution in [0.1, 0.15) is 0 Å². The van der Waals surface area contributed by atoms with E-state index in [2.05, 4.69) is 15.2 Å². The Labute approximate surface area is 207 Å². The van der Waals surface area contributed by atoms with Crippen LogP contribution < -0.4 is 4.90 Å². The van der Waals surface area contributed by atoms with Crippen LogP contribution in [-0.4, -0.2) is 50.1 Å². The molecule has 4 rings (SSSR count). The Balaban J connectivity index is 0.000000201. The van der Waals surface area contributed by atoms with Crippen LogP contribution in [0.4, 0.5) is 17.2 Å². The molecule has 0 fully saturated rings. The number of phenolic OH excluding ortho intramolecular Hbond substituents is 1. The molecule has 0 aliphatic rings. The molecule has 11 nitrogen and oxygen atoms in total. The van der Waals surface area contributed by atoms with E-state index < -0.39 is 30.0 Å². The highest BCUT2D eigenvalue weighted by molar-refractivity contribution is 7.86. The zero-order valence-corrected chi connectivity index (χ0v) is 20.7. The number of hydrogen-bond donors (Lipinski definition) is 3. The lowest BCUT2D eigenvalue weighted by atomic mass is 10.1. The fourth-order valence-corrected chi connectivity index (χ4v) is 4.51. The van der Waals surface area contributed by atoms with Gasteiger partial charge in [-0.3, -0.25) is 9.11 Å². The van der Waals surface area contributed by atoms with Gasteiger partial charge in [0.2, 0.25) is 0 Å². The van der Waals surface area contributed by atoms with E-state index in [1.807, 2.05) is 37.2 Å². The summed E-state index contributed by atoms with van der Waals surface area (Å²) in [5.41, 5.74) is 1.33. The molecule has 0 atom stereocenters. The normalized spacial score (nSPS) is 11.8. The minimum absolute atomic E-state index is 0.0233. The average Bonchev–Trinajstić information content (AvgIpc) is 2.82. The van der Waals surface area contributed by atoms with Gasteiger partial charge >= 0.3 is 0 Å². The van der Waals surface area contributed by atoms with E-state index in [4.69, 9.17) is 9.11 Å². The minimum Gasteiger partial charge on any atom is -0.506 e. The summed E-state index contributed by atoms with van der Waals surface area (Å²) in [5.74, 6) is 0.606. The number of fused-ring (bicyclic) bond motifs is 1. The van der Waals surface area contributed by atoms with Crippen molar-refractivity contribution < 1.29 is 31.0 Å². The molecule has 13 heteroatoms. The Hall–Kier alpha value is -3.91. The van der Waals surface area contributed by atoms with Gasteiger partial charge in [-0.1, -0.05) is 30.3 Å². The maximum absolute atomic E-state index is 11.2. The molecule has 0 bridgehead atoms. The number of aromatic hydroxyl groups is 1. The standard InChI is InChI=1S/C13H14N4O.C10H8O6S2/c1-17(2)10-6-7-11(12(18)9-10)15-16-13-5-3-4-8-14-13;11-17(12,13)9-5-1-3-7-8(9)4-2-6-10(7)18(14,15)16/h3-9,18H,1-2H3;1-6H,(H,11,12,13)(H,14,15,16). The third-order valence-corrected chi connectivity index (χ3v) is 6.61. The largest absolute Gasteiger partial charge is 0.506 e. The predicted molar refractivity (Wildman–Crippen MR) is 134 cm³/mol. The number of pyridine rings is 1. The number of rotatable bonds is 5. The first-order chi connectivity index (χ1) is 16.9. The fraction of sp³-hybridized carbons (Fsp3) is 0.0870. The summed E-state index contributed by atoms with van der Waals surface area (Å²) < 4.78 is 62.7. The number of benzene rings is 3. The Morgan fingerprint density at radius 2 is 1.33 bits per heavy atom. The number of nitrogens with zero attached hydrogens (tertiary/aromatic N) is 4. The summed E-state index contributed by atoms with van der Waals surface area (Å²) in [7, 11) is -5.12. The highest BCUT2D eigenvalue weighted by atomic mass is 32.2. The molecule has 0 unspecified atom stereocenters. The Morgan fingerprint density at radius 1 is 0.750 bits per heavy atom. The molecule has 3 aromatic carbocycles. The number of aromatic nitrogens is 1. The number of hydrogen-bond acceptors (Lipinski definition) is 9. The molecule has 188 valence electrons. The van der Waals surface area contributed by atoms with E-state index in [1.54, 1.807) is 24.4 Å². The van der Waals surface area contributed by atoms with Gasteiger partial charge in [-0.15, -0.1) is 10.2 Å². The molecule has 3 N–H and O–H groups in total. The van der Waals surface area contributed by atoms with Crippen LogP contribution in [0.5, 0.6) is 5.75 Å². The number of phenols is 1. The van der Waals surface area contributed by atoms with Gasteiger partial charge in [0, 0.05) is 42.8 Å². The zero-order valence-electron chi connectivity index (χ0n) is 19.1. The predicted octanol–water partition coefficient (Wildman–Crippen LogP) is 4.60. The fourth-order valence-electron chi connectivity index (χ4n) is 3.09. The molecule has 1 heterocycles. The summed E-state index contributed by atoms with van der Waals surface area (Å²) in [5, 5.41) is 17.8. The van der Waals surface area contributed by atoms with E-state index in [0.717, 1.165) is 17.8 Å². The second-order valence-electron chi connectivity index (χ2n) is 7.51. The van der Waals surface area contributed by atoms with Crippen LogP contribution in [0.25, 0.3) is 10.8 Å². The van der Waals surface area contributed by atoms with Crippen molar-refractivity contribution in [1.29, 1.82) is 0 Å². The van der Waals surface area contributed by atoms with Crippen LogP contribution in [-0.2, 0) is 20.2 Å². The van der Waals surface area contributed by atoms with Crippen LogP contribution in [0, 0.1) is 0 Å². The molecule has 1 aromatic heterocycles. The molecule has 0 aliphatic carbocycles. The lowest BCUT2D eigenvalue weighted by Crippen LogP contribution is -2.07. The van der Waals surface area contributed by atoms with Gasteiger partial charge in [-0.2, -0.15) is 16.8 Å². The molecule has 0 amide bonds. The van der Waals surface area contributed by atoms with E-state index in [-0.39, 0.29) is 16.5 Å². The molecule has 0 saturated heterocycles. The van der Waals surface area contributed by atoms with Crippen molar-refractivity contribution in [2.24, 2.45) is 10.2 Å². The van der Waals surface area contributed by atoms with E-state index in [1.165, 1.54) is 24.3 Å². The van der Waals surface area contributed by atoms with Crippen LogP contribution in [0.15, 0.2) is 99.0 Å². The highest BCUT2D eigenvalue weighted by Gasteiger charge is 2.19. The lowest BCUT2D eigenvalue weighted by molar-refractivity contribution is 0.476. The molecule has 4 aromatic rings. The third kappa shape index (κ3) is 6.60. The van der Waals surface area contributed by atoms with E-state index in [9.17, 15) is 21.9 Å². The third-order valence-electron chi connectivity index (χ3n) is 4.78. The van der Waals surface area contributed by atoms with E-state index >= 15 is 0 Å². The Morgan fingerprint density at radius 3 is 1.78 bits per heavy atom. The van der Waals surface area contributed by atoms with Crippen molar-refractivity contribution >= 4 is 48.2 Å². The van der Waals surface area contributed by atoms with Gasteiger partial charge in [0.1, 0.15) is 21.2 Å². The van der Waals surface area contributed by atoms with Crippen molar-refractivity contribution in [3.05, 3.63) is 79.0 Å². The van der Waals surface area contributed by atoms with Gasteiger partial charge in [-0.05, 0) is 36.4 Å². The van der Waals surface area contributed by atoms with Gasteiger partial charge in [-0.25, -0.2) is 4.98 Å².